The molecule has 4 rings (SSSR count). The highest BCUT2D eigenvalue weighted by molar-refractivity contribution is 6.34. The van der Waals surface area contributed by atoms with Gasteiger partial charge in [-0.2, -0.15) is 0 Å². The normalized spacial score (nSPS) is 13.4. The molecule has 192 valence electrons. The zero-order valence-corrected chi connectivity index (χ0v) is 19.8. The Morgan fingerprint density at radius 1 is 0.757 bits per heavy atom. The van der Waals surface area contributed by atoms with Crippen molar-refractivity contribution in [1.82, 2.24) is 10.2 Å². The molecule has 2 amide bonds. The second-order valence-electron chi connectivity index (χ2n) is 7.95. The molecule has 0 saturated carbocycles. The van der Waals surface area contributed by atoms with Gasteiger partial charge in [-0.3, -0.25) is 9.59 Å². The zero-order valence-electron chi connectivity index (χ0n) is 19.8. The molecule has 3 aromatic rings. The third-order valence-corrected chi connectivity index (χ3v) is 5.15. The van der Waals surface area contributed by atoms with Crippen molar-refractivity contribution < 1.29 is 38.9 Å². The van der Waals surface area contributed by atoms with E-state index in [2.05, 4.69) is 5.32 Å². The number of nitrogens with one attached hydrogen (secondary N) is 1. The molecular weight excluding hydrogens is 480 g/mol. The second-order valence-corrected chi connectivity index (χ2v) is 7.95. The van der Waals surface area contributed by atoms with Crippen LogP contribution in [0.25, 0.3) is 0 Å². The Kier molecular flexibility index (Phi) is 9.60. The van der Waals surface area contributed by atoms with Gasteiger partial charge in [0.25, 0.3) is 0 Å². The SMILES string of the molecule is O=C(NCC1COc2ccccc2O1)C(=O)N(Cc1ccccc1)Cc1ccccc1.O=C(O)C(=O)O. The van der Waals surface area contributed by atoms with Crippen molar-refractivity contribution in [2.45, 2.75) is 19.2 Å². The van der Waals surface area contributed by atoms with Gasteiger partial charge in [-0.15, -0.1) is 0 Å². The van der Waals surface area contributed by atoms with Crippen LogP contribution in [0, 0.1) is 0 Å². The Balaban J connectivity index is 0.000000568. The van der Waals surface area contributed by atoms with Crippen LogP contribution in [0.3, 0.4) is 0 Å². The lowest BCUT2D eigenvalue weighted by Gasteiger charge is -2.27. The fraction of sp³-hybridized carbons (Fsp3) is 0.185. The number of carbonyl (C=O) groups excluding carboxylic acids is 2. The smallest absolute Gasteiger partial charge is 0.414 e. The minimum atomic E-state index is -1.82. The van der Waals surface area contributed by atoms with Crippen molar-refractivity contribution in [3.63, 3.8) is 0 Å². The van der Waals surface area contributed by atoms with Crippen LogP contribution in [0.1, 0.15) is 11.1 Å². The molecular formula is C27H26N2O8. The molecule has 3 aromatic carbocycles. The lowest BCUT2D eigenvalue weighted by Crippen LogP contribution is -2.47. The summed E-state index contributed by atoms with van der Waals surface area (Å²) in [4.78, 5) is 45.4. The number of fused-ring (bicyclic) bond motifs is 1. The predicted molar refractivity (Wildman–Crippen MR) is 132 cm³/mol. The van der Waals surface area contributed by atoms with E-state index in [4.69, 9.17) is 29.3 Å². The van der Waals surface area contributed by atoms with Gasteiger partial charge in [-0.05, 0) is 23.3 Å². The Bertz CT molecular complexity index is 1160. The number of para-hydroxylation sites is 2. The van der Waals surface area contributed by atoms with E-state index < -0.39 is 23.8 Å². The van der Waals surface area contributed by atoms with Crippen LogP contribution in [0.15, 0.2) is 84.9 Å². The molecule has 3 N–H and O–H groups in total. The standard InChI is InChI=1S/C25H24N2O4.C2H2O4/c28-24(26-15-21-18-30-22-13-7-8-14-23(22)31-21)25(29)27(16-19-9-3-1-4-10-19)17-20-11-5-2-6-12-20;3-1(4)2(5)6/h1-14,21H,15-18H2,(H,26,28);(H,3,4)(H,5,6). The molecule has 37 heavy (non-hydrogen) atoms. The minimum Gasteiger partial charge on any atom is -0.486 e. The van der Waals surface area contributed by atoms with Crippen molar-refractivity contribution in [3.8, 4) is 11.5 Å². The molecule has 0 bridgehead atoms. The van der Waals surface area contributed by atoms with Gasteiger partial charge in [0.2, 0.25) is 0 Å². The number of benzene rings is 3. The van der Waals surface area contributed by atoms with Gasteiger partial charge in [-0.25, -0.2) is 9.59 Å². The van der Waals surface area contributed by atoms with Gasteiger partial charge in [-0.1, -0.05) is 72.8 Å². The second kappa shape index (κ2) is 13.3. The molecule has 1 atom stereocenters. The van der Waals surface area contributed by atoms with Gasteiger partial charge < -0.3 is 29.9 Å². The lowest BCUT2D eigenvalue weighted by atomic mass is 10.1. The molecule has 10 nitrogen and oxygen atoms in total. The van der Waals surface area contributed by atoms with Crippen molar-refractivity contribution in [2.75, 3.05) is 13.2 Å². The first-order chi connectivity index (χ1) is 17.8. The fourth-order valence-electron chi connectivity index (χ4n) is 3.40. The van der Waals surface area contributed by atoms with E-state index in [9.17, 15) is 9.59 Å². The molecule has 1 aliphatic heterocycles. The van der Waals surface area contributed by atoms with Gasteiger partial charge in [0.15, 0.2) is 11.5 Å². The summed E-state index contributed by atoms with van der Waals surface area (Å²) >= 11 is 0. The van der Waals surface area contributed by atoms with E-state index >= 15 is 0 Å². The first-order valence-corrected chi connectivity index (χ1v) is 11.3. The van der Waals surface area contributed by atoms with Crippen LogP contribution in [0.5, 0.6) is 11.5 Å². The third-order valence-electron chi connectivity index (χ3n) is 5.15. The van der Waals surface area contributed by atoms with Crippen LogP contribution < -0.4 is 14.8 Å². The number of rotatable bonds is 6. The molecule has 10 heteroatoms. The summed E-state index contributed by atoms with van der Waals surface area (Å²) in [6.45, 7) is 1.18. The molecule has 1 aliphatic rings. The summed E-state index contributed by atoms with van der Waals surface area (Å²) in [6.07, 6.45) is -0.358. The molecule has 0 fully saturated rings. The first-order valence-electron chi connectivity index (χ1n) is 11.3. The van der Waals surface area contributed by atoms with Crippen LogP contribution in [-0.2, 0) is 32.3 Å². The van der Waals surface area contributed by atoms with E-state index in [0.717, 1.165) is 11.1 Å². The van der Waals surface area contributed by atoms with E-state index in [-0.39, 0.29) is 12.6 Å². The number of hydrogen-bond donors (Lipinski definition) is 3. The van der Waals surface area contributed by atoms with Gasteiger partial charge in [0, 0.05) is 13.1 Å². The van der Waals surface area contributed by atoms with Gasteiger partial charge in [0.1, 0.15) is 12.7 Å². The number of carbonyl (C=O) groups is 4. The fourth-order valence-corrected chi connectivity index (χ4v) is 3.40. The highest BCUT2D eigenvalue weighted by Gasteiger charge is 2.25. The van der Waals surface area contributed by atoms with Crippen LogP contribution in [0.4, 0.5) is 0 Å². The monoisotopic (exact) mass is 506 g/mol. The molecule has 1 unspecified atom stereocenters. The van der Waals surface area contributed by atoms with E-state index in [0.29, 0.717) is 31.2 Å². The lowest BCUT2D eigenvalue weighted by molar-refractivity contribution is -0.159. The van der Waals surface area contributed by atoms with Gasteiger partial charge >= 0.3 is 23.8 Å². The summed E-state index contributed by atoms with van der Waals surface area (Å²) in [6, 6.07) is 26.6. The minimum absolute atomic E-state index is 0.184. The average Bonchev–Trinajstić information content (AvgIpc) is 2.92. The summed E-state index contributed by atoms with van der Waals surface area (Å²) in [5.74, 6) is -3.57. The highest BCUT2D eigenvalue weighted by atomic mass is 16.6. The van der Waals surface area contributed by atoms with Gasteiger partial charge in [0.05, 0.1) is 6.54 Å². The molecule has 0 radical (unpaired) electrons. The zero-order chi connectivity index (χ0) is 26.6. The number of aliphatic carboxylic acids is 2. The molecule has 1 heterocycles. The number of amides is 2. The molecule has 0 aromatic heterocycles. The van der Waals surface area contributed by atoms with Crippen molar-refractivity contribution in [1.29, 1.82) is 0 Å². The van der Waals surface area contributed by atoms with E-state index in [1.54, 1.807) is 4.90 Å². The van der Waals surface area contributed by atoms with Crippen LogP contribution in [0.2, 0.25) is 0 Å². The Morgan fingerprint density at radius 2 is 1.24 bits per heavy atom. The Morgan fingerprint density at radius 3 is 1.76 bits per heavy atom. The number of nitrogens with zero attached hydrogens (tertiary/aromatic N) is 1. The quantitative estimate of drug-likeness (QED) is 0.433. The van der Waals surface area contributed by atoms with Crippen LogP contribution >= 0.6 is 0 Å². The number of hydrogen-bond acceptors (Lipinski definition) is 6. The summed E-state index contributed by atoms with van der Waals surface area (Å²) in [5, 5.41) is 17.5. The maximum Gasteiger partial charge on any atom is 0.414 e. The molecule has 0 spiro atoms. The average molecular weight is 507 g/mol. The number of carboxylic acids is 2. The maximum atomic E-state index is 13.0. The first kappa shape index (κ1) is 26.7. The van der Waals surface area contributed by atoms with Crippen LogP contribution in [-0.4, -0.2) is 58.1 Å². The predicted octanol–water partition coefficient (Wildman–Crippen LogP) is 2.33. The Labute approximate surface area is 213 Å². The topological polar surface area (TPSA) is 142 Å². The summed E-state index contributed by atoms with van der Waals surface area (Å²) < 4.78 is 11.5. The maximum absolute atomic E-state index is 13.0. The van der Waals surface area contributed by atoms with Crippen molar-refractivity contribution in [3.05, 3.63) is 96.1 Å². The summed E-state index contributed by atoms with van der Waals surface area (Å²) in [5.41, 5.74) is 1.92. The third kappa shape index (κ3) is 8.39. The van der Waals surface area contributed by atoms with E-state index in [1.165, 1.54) is 0 Å². The number of carboxylic acid groups (broad SMARTS) is 2. The van der Waals surface area contributed by atoms with Crippen molar-refractivity contribution in [2.24, 2.45) is 0 Å². The Hall–Kier alpha value is -4.86. The molecule has 0 aliphatic carbocycles. The largest absolute Gasteiger partial charge is 0.486 e. The summed E-state index contributed by atoms with van der Waals surface area (Å²) in [7, 11) is 0. The number of ether oxygens (including phenoxy) is 2. The van der Waals surface area contributed by atoms with E-state index in [1.807, 2.05) is 84.9 Å². The van der Waals surface area contributed by atoms with Crippen molar-refractivity contribution >= 4 is 23.8 Å². The molecule has 0 saturated heterocycles. The highest BCUT2D eigenvalue weighted by Crippen LogP contribution is 2.30.